The smallest absolute Gasteiger partial charge is 0.246 e. The van der Waals surface area contributed by atoms with Crippen LogP contribution in [0.4, 0.5) is 16.3 Å². The van der Waals surface area contributed by atoms with Crippen molar-refractivity contribution < 1.29 is 13.2 Å². The van der Waals surface area contributed by atoms with Crippen LogP contribution >= 0.6 is 11.8 Å². The van der Waals surface area contributed by atoms with Crippen molar-refractivity contribution in [2.24, 2.45) is 0 Å². The summed E-state index contributed by atoms with van der Waals surface area (Å²) in [7, 11) is -4.01. The lowest BCUT2D eigenvalue weighted by atomic mass is 10.2. The monoisotopic (exact) mass is 411 g/mol. The van der Waals surface area contributed by atoms with Crippen LogP contribution in [0.5, 0.6) is 0 Å². The molecule has 8 heteroatoms. The second-order valence-corrected chi connectivity index (χ2v) is 8.85. The maximum absolute atomic E-state index is 13.3. The maximum atomic E-state index is 13.3. The molecular formula is C20H17N3O3S2. The fraction of sp³-hybridized carbons (Fsp3) is 0.100. The van der Waals surface area contributed by atoms with Crippen LogP contribution in [0.1, 0.15) is 5.56 Å². The Morgan fingerprint density at radius 3 is 2.36 bits per heavy atom. The first-order valence-corrected chi connectivity index (χ1v) is 11.2. The van der Waals surface area contributed by atoms with Gasteiger partial charge in [0.2, 0.25) is 0 Å². The number of nitrogens with zero attached hydrogens (tertiary/aromatic N) is 3. The fourth-order valence-corrected chi connectivity index (χ4v) is 4.92. The Morgan fingerprint density at radius 1 is 0.964 bits per heavy atom. The van der Waals surface area contributed by atoms with Gasteiger partial charge in [0.15, 0.2) is 5.82 Å². The number of carbonyl (C=O) groups excluding carboxylic acids is 1. The van der Waals surface area contributed by atoms with E-state index in [1.54, 1.807) is 42.1 Å². The van der Waals surface area contributed by atoms with E-state index in [4.69, 9.17) is 0 Å². The maximum Gasteiger partial charge on any atom is 0.344 e. The standard InChI is InChI=1S/C20H17N3O3S2/c1-27-17-11-9-16(10-12-17)23-19-18(8-5-13-21-19)28(25,26)22(20(23)24)14-15-6-3-2-4-7-15/h2-13H,14H2,1H3. The van der Waals surface area contributed by atoms with E-state index < -0.39 is 16.1 Å². The van der Waals surface area contributed by atoms with E-state index in [0.29, 0.717) is 5.69 Å². The first-order chi connectivity index (χ1) is 13.5. The average molecular weight is 412 g/mol. The number of thioether (sulfide) groups is 1. The van der Waals surface area contributed by atoms with Crippen LogP contribution in [0, 0.1) is 0 Å². The van der Waals surface area contributed by atoms with Gasteiger partial charge in [0.1, 0.15) is 4.90 Å². The average Bonchev–Trinajstić information content (AvgIpc) is 2.73. The Labute approximate surface area is 167 Å². The topological polar surface area (TPSA) is 70.6 Å². The van der Waals surface area contributed by atoms with Gasteiger partial charge in [-0.15, -0.1) is 11.8 Å². The number of carbonyl (C=O) groups is 1. The van der Waals surface area contributed by atoms with E-state index >= 15 is 0 Å². The number of aromatic nitrogens is 1. The zero-order chi connectivity index (χ0) is 19.7. The molecule has 0 aliphatic carbocycles. The summed E-state index contributed by atoms with van der Waals surface area (Å²) in [5, 5.41) is 0. The molecular weight excluding hydrogens is 394 g/mol. The number of hydrogen-bond donors (Lipinski definition) is 0. The third-order valence-corrected chi connectivity index (χ3v) is 6.92. The molecule has 0 bridgehead atoms. The molecule has 2 heterocycles. The molecule has 2 aromatic carbocycles. The normalized spacial score (nSPS) is 15.4. The van der Waals surface area contributed by atoms with Crippen LogP contribution in [0.3, 0.4) is 0 Å². The molecule has 6 nitrogen and oxygen atoms in total. The summed E-state index contributed by atoms with van der Waals surface area (Å²) in [6.07, 6.45) is 3.45. The van der Waals surface area contributed by atoms with Crippen molar-refractivity contribution in [1.82, 2.24) is 9.29 Å². The lowest BCUT2D eigenvalue weighted by Gasteiger charge is -2.35. The van der Waals surface area contributed by atoms with Crippen molar-refractivity contribution in [3.8, 4) is 0 Å². The minimum absolute atomic E-state index is 0.0134. The summed E-state index contributed by atoms with van der Waals surface area (Å²) in [6, 6.07) is 18.8. The minimum Gasteiger partial charge on any atom is -0.246 e. The molecule has 3 aromatic rings. The van der Waals surface area contributed by atoms with Crippen molar-refractivity contribution in [2.75, 3.05) is 11.2 Å². The van der Waals surface area contributed by atoms with Gasteiger partial charge < -0.3 is 0 Å². The summed E-state index contributed by atoms with van der Waals surface area (Å²) in [5.41, 5.74) is 1.29. The molecule has 0 spiro atoms. The van der Waals surface area contributed by atoms with Crippen molar-refractivity contribution in [3.63, 3.8) is 0 Å². The highest BCUT2D eigenvalue weighted by Crippen LogP contribution is 2.38. The molecule has 0 atom stereocenters. The van der Waals surface area contributed by atoms with Gasteiger partial charge in [-0.1, -0.05) is 30.3 Å². The van der Waals surface area contributed by atoms with Crippen LogP contribution in [-0.4, -0.2) is 30.0 Å². The number of anilines is 2. The van der Waals surface area contributed by atoms with Gasteiger partial charge in [0.25, 0.3) is 10.0 Å². The van der Waals surface area contributed by atoms with Gasteiger partial charge in [-0.3, -0.25) is 0 Å². The Morgan fingerprint density at radius 2 is 1.68 bits per heavy atom. The van der Waals surface area contributed by atoms with Crippen molar-refractivity contribution in [1.29, 1.82) is 0 Å². The van der Waals surface area contributed by atoms with E-state index in [2.05, 4.69) is 4.98 Å². The quantitative estimate of drug-likeness (QED) is 0.600. The number of rotatable bonds is 4. The summed E-state index contributed by atoms with van der Waals surface area (Å²) < 4.78 is 27.2. The number of pyridine rings is 1. The van der Waals surface area contributed by atoms with E-state index in [1.807, 2.05) is 36.6 Å². The zero-order valence-electron chi connectivity index (χ0n) is 15.0. The number of fused-ring (bicyclic) bond motifs is 1. The summed E-state index contributed by atoms with van der Waals surface area (Å²) in [6.45, 7) is -0.0459. The van der Waals surface area contributed by atoms with Crippen molar-refractivity contribution in [3.05, 3.63) is 78.5 Å². The highest BCUT2D eigenvalue weighted by molar-refractivity contribution is 7.98. The SMILES string of the molecule is CSc1ccc(N2C(=O)N(Cc3ccccc3)S(=O)(=O)c3cccnc32)cc1. The molecule has 0 N–H and O–H groups in total. The van der Waals surface area contributed by atoms with E-state index in [-0.39, 0.29) is 17.3 Å². The summed E-state index contributed by atoms with van der Waals surface area (Å²) in [5.74, 6) is 0.119. The van der Waals surface area contributed by atoms with Crippen molar-refractivity contribution >= 4 is 39.3 Å². The van der Waals surface area contributed by atoms with E-state index in [0.717, 1.165) is 14.8 Å². The van der Waals surface area contributed by atoms with Crippen LogP contribution in [0.25, 0.3) is 0 Å². The van der Waals surface area contributed by atoms with Crippen molar-refractivity contribution in [2.45, 2.75) is 16.3 Å². The second-order valence-electron chi connectivity index (χ2n) is 6.14. The van der Waals surface area contributed by atoms with E-state index in [9.17, 15) is 13.2 Å². The lowest BCUT2D eigenvalue weighted by molar-refractivity contribution is 0.229. The molecule has 28 heavy (non-hydrogen) atoms. The van der Waals surface area contributed by atoms with E-state index in [1.165, 1.54) is 17.2 Å². The fourth-order valence-electron chi connectivity index (χ4n) is 3.04. The predicted octanol–water partition coefficient (Wildman–Crippen LogP) is 4.27. The number of hydrogen-bond acceptors (Lipinski definition) is 5. The van der Waals surface area contributed by atoms with Gasteiger partial charge in [0.05, 0.1) is 12.2 Å². The molecule has 1 aliphatic rings. The highest BCUT2D eigenvalue weighted by atomic mass is 32.2. The Balaban J connectivity index is 1.85. The number of urea groups is 1. The predicted molar refractivity (Wildman–Crippen MR) is 109 cm³/mol. The summed E-state index contributed by atoms with van der Waals surface area (Å²) in [4.78, 5) is 19.9. The third-order valence-electron chi connectivity index (χ3n) is 4.43. The molecule has 0 unspecified atom stereocenters. The Bertz CT molecular complexity index is 1120. The van der Waals surface area contributed by atoms with Gasteiger partial charge >= 0.3 is 6.03 Å². The molecule has 0 saturated heterocycles. The molecule has 4 rings (SSSR count). The molecule has 1 aliphatic heterocycles. The lowest BCUT2D eigenvalue weighted by Crippen LogP contribution is -2.48. The molecule has 1 aromatic heterocycles. The number of sulfonamides is 1. The van der Waals surface area contributed by atoms with Crippen LogP contribution in [-0.2, 0) is 16.6 Å². The molecule has 0 saturated carbocycles. The molecule has 142 valence electrons. The molecule has 2 amide bonds. The van der Waals surface area contributed by atoms with Crippen LogP contribution in [0.2, 0.25) is 0 Å². The highest BCUT2D eigenvalue weighted by Gasteiger charge is 2.43. The second kappa shape index (κ2) is 7.29. The Hall–Kier alpha value is -2.84. The van der Waals surface area contributed by atoms with Gasteiger partial charge in [-0.05, 0) is 48.2 Å². The summed E-state index contributed by atoms with van der Waals surface area (Å²) >= 11 is 1.59. The Kier molecular flexibility index (Phi) is 4.82. The van der Waals surface area contributed by atoms with Crippen LogP contribution < -0.4 is 4.90 Å². The zero-order valence-corrected chi connectivity index (χ0v) is 16.7. The molecule has 0 radical (unpaired) electrons. The van der Waals surface area contributed by atoms with Crippen LogP contribution in [0.15, 0.2) is 82.7 Å². The van der Waals surface area contributed by atoms with Gasteiger partial charge in [-0.2, -0.15) is 0 Å². The van der Waals surface area contributed by atoms with Gasteiger partial charge in [-0.25, -0.2) is 27.4 Å². The van der Waals surface area contributed by atoms with Gasteiger partial charge in [0, 0.05) is 11.1 Å². The largest absolute Gasteiger partial charge is 0.344 e. The minimum atomic E-state index is -4.01. The first kappa shape index (κ1) is 18.5. The number of benzene rings is 2. The number of amides is 2. The third kappa shape index (κ3) is 3.14. The molecule has 0 fully saturated rings. The first-order valence-electron chi connectivity index (χ1n) is 8.52.